The van der Waals surface area contributed by atoms with Crippen molar-refractivity contribution in [2.45, 2.75) is 25.3 Å². The molecule has 0 fully saturated rings. The van der Waals surface area contributed by atoms with Crippen molar-refractivity contribution in [1.82, 2.24) is 0 Å². The summed E-state index contributed by atoms with van der Waals surface area (Å²) in [6, 6.07) is 11.3. The zero-order valence-corrected chi connectivity index (χ0v) is 8.55. The van der Waals surface area contributed by atoms with E-state index in [2.05, 4.69) is 4.99 Å². The molecular formula is C12H12N2O. The van der Waals surface area contributed by atoms with Gasteiger partial charge in [-0.1, -0.05) is 37.3 Å². The van der Waals surface area contributed by atoms with Gasteiger partial charge in [0.1, 0.15) is 6.04 Å². The number of carbonyl (C=O) groups excluding carboxylic acids is 1. The van der Waals surface area contributed by atoms with Gasteiger partial charge >= 0.3 is 0 Å². The summed E-state index contributed by atoms with van der Waals surface area (Å²) in [4.78, 5) is 13.5. The van der Waals surface area contributed by atoms with Crippen molar-refractivity contribution in [2.75, 3.05) is 0 Å². The summed E-state index contributed by atoms with van der Waals surface area (Å²) in [7, 11) is 0. The summed E-state index contributed by atoms with van der Waals surface area (Å²) in [6.45, 7) is 2.01. The molecule has 1 aromatic carbocycles. The normalized spacial score (nSPS) is 13.3. The van der Waals surface area contributed by atoms with Crippen LogP contribution in [0.4, 0.5) is 0 Å². The third-order valence-electron chi connectivity index (χ3n) is 2.30. The van der Waals surface area contributed by atoms with Crippen molar-refractivity contribution in [3.63, 3.8) is 0 Å². The Morgan fingerprint density at radius 2 is 2.07 bits per heavy atom. The smallest absolute Gasteiger partial charge is 0.211 e. The van der Waals surface area contributed by atoms with Gasteiger partial charge in [0, 0.05) is 0 Å². The van der Waals surface area contributed by atoms with Gasteiger partial charge in [-0.2, -0.15) is 10.3 Å². The number of benzene rings is 1. The van der Waals surface area contributed by atoms with E-state index in [-0.39, 0.29) is 5.92 Å². The molecule has 15 heavy (non-hydrogen) atoms. The van der Waals surface area contributed by atoms with Crippen LogP contribution in [0.5, 0.6) is 0 Å². The molecule has 0 heterocycles. The van der Waals surface area contributed by atoms with Crippen molar-refractivity contribution in [3.8, 4) is 6.07 Å². The van der Waals surface area contributed by atoms with E-state index < -0.39 is 6.04 Å². The van der Waals surface area contributed by atoms with Crippen LogP contribution in [0.3, 0.4) is 0 Å². The summed E-state index contributed by atoms with van der Waals surface area (Å²) in [5, 5.41) is 8.73. The van der Waals surface area contributed by atoms with Gasteiger partial charge < -0.3 is 0 Å². The van der Waals surface area contributed by atoms with Crippen molar-refractivity contribution in [3.05, 3.63) is 35.9 Å². The Bertz CT molecular complexity index is 388. The SMILES string of the molecule is CC(CC(C#N)N=C=O)c1ccccc1. The fraction of sp³-hybridized carbons (Fsp3) is 0.333. The number of nitriles is 1. The van der Waals surface area contributed by atoms with Crippen LogP contribution in [0.25, 0.3) is 0 Å². The maximum absolute atomic E-state index is 10.0. The molecule has 0 saturated heterocycles. The molecule has 0 radical (unpaired) electrons. The van der Waals surface area contributed by atoms with Crippen molar-refractivity contribution in [2.24, 2.45) is 4.99 Å². The van der Waals surface area contributed by atoms with E-state index in [0.717, 1.165) is 5.56 Å². The van der Waals surface area contributed by atoms with E-state index in [9.17, 15) is 4.79 Å². The lowest BCUT2D eigenvalue weighted by atomic mass is 9.95. The second-order valence-corrected chi connectivity index (χ2v) is 3.41. The van der Waals surface area contributed by atoms with Crippen LogP contribution < -0.4 is 0 Å². The van der Waals surface area contributed by atoms with Crippen molar-refractivity contribution in [1.29, 1.82) is 5.26 Å². The first-order valence-electron chi connectivity index (χ1n) is 4.79. The van der Waals surface area contributed by atoms with E-state index in [1.807, 2.05) is 43.3 Å². The molecule has 2 atom stereocenters. The van der Waals surface area contributed by atoms with Crippen LogP contribution in [-0.4, -0.2) is 12.1 Å². The van der Waals surface area contributed by atoms with E-state index in [0.29, 0.717) is 6.42 Å². The molecule has 1 rings (SSSR count). The van der Waals surface area contributed by atoms with Gasteiger partial charge in [-0.3, -0.25) is 0 Å². The molecular weight excluding hydrogens is 188 g/mol. The minimum absolute atomic E-state index is 0.216. The van der Waals surface area contributed by atoms with Crippen LogP contribution in [0.1, 0.15) is 24.8 Å². The number of aliphatic imine (C=N–C) groups is 1. The zero-order valence-electron chi connectivity index (χ0n) is 8.55. The molecule has 0 N–H and O–H groups in total. The highest BCUT2D eigenvalue weighted by Crippen LogP contribution is 2.20. The lowest BCUT2D eigenvalue weighted by Crippen LogP contribution is -2.06. The fourth-order valence-corrected chi connectivity index (χ4v) is 1.45. The van der Waals surface area contributed by atoms with Gasteiger partial charge in [0.15, 0.2) is 0 Å². The fourth-order valence-electron chi connectivity index (χ4n) is 1.45. The van der Waals surface area contributed by atoms with E-state index in [1.54, 1.807) is 0 Å². The molecule has 0 amide bonds. The van der Waals surface area contributed by atoms with Gasteiger partial charge in [0.25, 0.3) is 0 Å². The van der Waals surface area contributed by atoms with E-state index in [1.165, 1.54) is 6.08 Å². The average Bonchev–Trinajstić information content (AvgIpc) is 2.29. The molecule has 3 nitrogen and oxygen atoms in total. The lowest BCUT2D eigenvalue weighted by molar-refractivity contribution is 0.555. The molecule has 3 heteroatoms. The largest absolute Gasteiger partial charge is 0.236 e. The highest BCUT2D eigenvalue weighted by atomic mass is 16.1. The predicted octanol–water partition coefficient (Wildman–Crippen LogP) is 2.41. The maximum atomic E-state index is 10.0. The number of hydrogen-bond donors (Lipinski definition) is 0. The van der Waals surface area contributed by atoms with Crippen molar-refractivity contribution < 1.29 is 4.79 Å². The van der Waals surface area contributed by atoms with Gasteiger partial charge in [-0.25, -0.2) is 4.79 Å². The number of nitrogens with zero attached hydrogens (tertiary/aromatic N) is 2. The topological polar surface area (TPSA) is 53.2 Å². The van der Waals surface area contributed by atoms with Gasteiger partial charge in [-0.05, 0) is 17.9 Å². The Morgan fingerprint density at radius 3 is 2.60 bits per heavy atom. The second-order valence-electron chi connectivity index (χ2n) is 3.41. The standard InChI is InChI=1S/C12H12N2O/c1-10(7-12(8-13)14-9-15)11-5-3-2-4-6-11/h2-6,10,12H,7H2,1H3. The maximum Gasteiger partial charge on any atom is 0.236 e. The molecule has 0 aliphatic rings. The molecule has 0 saturated carbocycles. The van der Waals surface area contributed by atoms with Crippen LogP contribution in [0.15, 0.2) is 35.3 Å². The summed E-state index contributed by atoms with van der Waals surface area (Å²) >= 11 is 0. The van der Waals surface area contributed by atoms with E-state index >= 15 is 0 Å². The lowest BCUT2D eigenvalue weighted by Gasteiger charge is -2.11. The van der Waals surface area contributed by atoms with Gasteiger partial charge in [0.05, 0.1) is 6.07 Å². The zero-order chi connectivity index (χ0) is 11.1. The Morgan fingerprint density at radius 1 is 1.40 bits per heavy atom. The summed E-state index contributed by atoms with van der Waals surface area (Å²) in [6.07, 6.45) is 1.98. The molecule has 76 valence electrons. The highest BCUT2D eigenvalue weighted by molar-refractivity contribution is 5.34. The molecule has 0 aliphatic heterocycles. The van der Waals surface area contributed by atoms with E-state index in [4.69, 9.17) is 5.26 Å². The monoisotopic (exact) mass is 200 g/mol. The first-order chi connectivity index (χ1) is 7.27. The molecule has 0 aliphatic carbocycles. The predicted molar refractivity (Wildman–Crippen MR) is 57.0 cm³/mol. The summed E-state index contributed by atoms with van der Waals surface area (Å²) < 4.78 is 0. The van der Waals surface area contributed by atoms with Crippen LogP contribution in [0, 0.1) is 11.3 Å². The summed E-state index contributed by atoms with van der Waals surface area (Å²) in [5.74, 6) is 0.216. The molecule has 0 bridgehead atoms. The average molecular weight is 200 g/mol. The molecule has 1 aromatic rings. The summed E-state index contributed by atoms with van der Waals surface area (Å²) in [5.41, 5.74) is 1.15. The Hall–Kier alpha value is -1.91. The number of hydrogen-bond acceptors (Lipinski definition) is 3. The minimum Gasteiger partial charge on any atom is -0.211 e. The van der Waals surface area contributed by atoms with Crippen molar-refractivity contribution >= 4 is 6.08 Å². The van der Waals surface area contributed by atoms with Crippen LogP contribution in [-0.2, 0) is 4.79 Å². The Kier molecular flexibility index (Phi) is 4.28. The Balaban J connectivity index is 2.67. The first-order valence-corrected chi connectivity index (χ1v) is 4.79. The number of rotatable bonds is 4. The molecule has 2 unspecified atom stereocenters. The van der Waals surface area contributed by atoms with Gasteiger partial charge in [0.2, 0.25) is 6.08 Å². The van der Waals surface area contributed by atoms with Crippen LogP contribution in [0.2, 0.25) is 0 Å². The van der Waals surface area contributed by atoms with Crippen LogP contribution >= 0.6 is 0 Å². The highest BCUT2D eigenvalue weighted by Gasteiger charge is 2.12. The number of isocyanates is 1. The second kappa shape index (κ2) is 5.74. The third-order valence-corrected chi connectivity index (χ3v) is 2.30. The molecule has 0 aromatic heterocycles. The quantitative estimate of drug-likeness (QED) is 0.553. The minimum atomic E-state index is -0.585. The molecule has 0 spiro atoms. The third kappa shape index (κ3) is 3.38. The first kappa shape index (κ1) is 11.2. The Labute approximate surface area is 89.1 Å². The van der Waals surface area contributed by atoms with Gasteiger partial charge in [-0.15, -0.1) is 0 Å².